The summed E-state index contributed by atoms with van der Waals surface area (Å²) in [6.45, 7) is 10.9. The van der Waals surface area contributed by atoms with Gasteiger partial charge in [-0.05, 0) is 35.7 Å². The molecule has 0 fully saturated rings. The number of rotatable bonds is 5. The first kappa shape index (κ1) is 16.3. The van der Waals surface area contributed by atoms with E-state index in [9.17, 15) is 5.02 Å². The first-order chi connectivity index (χ1) is 9.71. The number of hydrogen-bond acceptors (Lipinski definition) is 3. The Kier molecular flexibility index (Phi) is 4.63. The Morgan fingerprint density at radius 2 is 1.90 bits per heavy atom. The second-order valence-corrected chi connectivity index (χ2v) is 11.7. The van der Waals surface area contributed by atoms with E-state index in [0.29, 0.717) is 5.59 Å². The third kappa shape index (κ3) is 3.77. The van der Waals surface area contributed by atoms with Gasteiger partial charge in [0.25, 0.3) is 0 Å². The fourth-order valence-electron chi connectivity index (χ4n) is 1.78. The molecule has 21 heavy (non-hydrogen) atoms. The maximum atomic E-state index is 10.1. The summed E-state index contributed by atoms with van der Waals surface area (Å²) < 4.78 is 11.3. The Balaban J connectivity index is 1.94. The van der Waals surface area contributed by atoms with Gasteiger partial charge in [-0.1, -0.05) is 39.0 Å². The van der Waals surface area contributed by atoms with Crippen molar-refractivity contribution in [3.63, 3.8) is 0 Å². The Hall–Kier alpha value is -1.08. The number of aromatic amines is 1. The van der Waals surface area contributed by atoms with Crippen LogP contribution in [0.4, 0.5) is 0 Å². The molecule has 6 heteroatoms. The molecule has 1 heterocycles. The molecular formula is C15H24BNO3Si. The fourth-order valence-corrected chi connectivity index (χ4v) is 2.58. The molecule has 0 amide bonds. The number of aromatic nitrogens is 1. The SMILES string of the molecule is CC(C)(C)[Si](C)(C)OCOB(O)c1cc2ccccc2[nH]1. The fraction of sp³-hybridized carbons (Fsp3) is 0.467. The van der Waals surface area contributed by atoms with Gasteiger partial charge in [0.2, 0.25) is 0 Å². The lowest BCUT2D eigenvalue weighted by atomic mass is 9.86. The highest BCUT2D eigenvalue weighted by atomic mass is 28.4. The maximum absolute atomic E-state index is 10.1. The smallest absolute Gasteiger partial charge is 0.422 e. The van der Waals surface area contributed by atoms with Gasteiger partial charge in [0.1, 0.15) is 6.79 Å². The first-order valence-corrected chi connectivity index (χ1v) is 10.1. The zero-order valence-electron chi connectivity index (χ0n) is 13.4. The van der Waals surface area contributed by atoms with E-state index in [4.69, 9.17) is 9.08 Å². The number of fused-ring (bicyclic) bond motifs is 1. The van der Waals surface area contributed by atoms with Gasteiger partial charge in [0.05, 0.1) is 0 Å². The first-order valence-electron chi connectivity index (χ1n) is 7.22. The summed E-state index contributed by atoms with van der Waals surface area (Å²) in [7, 11) is -2.85. The Bertz CT molecular complexity index is 573. The topological polar surface area (TPSA) is 54.5 Å². The summed E-state index contributed by atoms with van der Waals surface area (Å²) >= 11 is 0. The third-order valence-electron chi connectivity index (χ3n) is 4.27. The average Bonchev–Trinajstić information content (AvgIpc) is 2.80. The van der Waals surface area contributed by atoms with Crippen molar-refractivity contribution in [3.05, 3.63) is 30.3 Å². The van der Waals surface area contributed by atoms with Crippen LogP contribution in [0.2, 0.25) is 18.1 Å². The van der Waals surface area contributed by atoms with Crippen LogP contribution in [0.1, 0.15) is 20.8 Å². The summed E-state index contributed by atoms with van der Waals surface area (Å²) in [5.74, 6) is 0. The molecule has 0 unspecified atom stereocenters. The van der Waals surface area contributed by atoms with Crippen LogP contribution >= 0.6 is 0 Å². The lowest BCUT2D eigenvalue weighted by Gasteiger charge is -2.36. The third-order valence-corrected chi connectivity index (χ3v) is 8.72. The minimum absolute atomic E-state index is 0.104. The summed E-state index contributed by atoms with van der Waals surface area (Å²) in [6, 6.07) is 9.78. The van der Waals surface area contributed by atoms with Crippen molar-refractivity contribution in [2.45, 2.75) is 38.9 Å². The summed E-state index contributed by atoms with van der Waals surface area (Å²) in [6.07, 6.45) is 0. The molecule has 0 aliphatic heterocycles. The highest BCUT2D eigenvalue weighted by Crippen LogP contribution is 2.36. The molecule has 0 atom stereocenters. The molecule has 2 N–H and O–H groups in total. The highest BCUT2D eigenvalue weighted by Gasteiger charge is 2.37. The molecule has 0 aliphatic carbocycles. The molecule has 0 saturated carbocycles. The Morgan fingerprint density at radius 1 is 1.24 bits per heavy atom. The number of nitrogens with one attached hydrogen (secondary N) is 1. The number of H-pyrrole nitrogens is 1. The molecule has 4 nitrogen and oxygen atoms in total. The zero-order chi connectivity index (χ0) is 15.7. The molecule has 114 valence electrons. The van der Waals surface area contributed by atoms with E-state index >= 15 is 0 Å². The summed E-state index contributed by atoms with van der Waals surface area (Å²) in [5.41, 5.74) is 1.63. The van der Waals surface area contributed by atoms with E-state index in [0.717, 1.165) is 10.9 Å². The van der Waals surface area contributed by atoms with Gasteiger partial charge in [-0.3, -0.25) is 0 Å². The summed E-state index contributed by atoms with van der Waals surface area (Å²) in [5, 5.41) is 11.3. The van der Waals surface area contributed by atoms with Crippen molar-refractivity contribution >= 4 is 31.9 Å². The molecule has 0 radical (unpaired) electrons. The average molecular weight is 305 g/mol. The van der Waals surface area contributed by atoms with Crippen LogP contribution in [0.25, 0.3) is 10.9 Å². The largest absolute Gasteiger partial charge is 0.510 e. The Labute approximate surface area is 127 Å². The quantitative estimate of drug-likeness (QED) is 0.660. The van der Waals surface area contributed by atoms with Crippen molar-refractivity contribution in [2.24, 2.45) is 0 Å². The predicted octanol–water partition coefficient (Wildman–Crippen LogP) is 2.85. The minimum atomic E-state index is -1.85. The van der Waals surface area contributed by atoms with Crippen molar-refractivity contribution in [1.82, 2.24) is 4.98 Å². The van der Waals surface area contributed by atoms with Gasteiger partial charge in [0, 0.05) is 11.1 Å². The van der Waals surface area contributed by atoms with Crippen molar-refractivity contribution in [1.29, 1.82) is 0 Å². The van der Waals surface area contributed by atoms with E-state index in [1.165, 1.54) is 0 Å². The molecule has 1 aromatic carbocycles. The molecule has 2 aromatic rings. The van der Waals surface area contributed by atoms with Crippen LogP contribution in [-0.4, -0.2) is 32.2 Å². The molecular weight excluding hydrogens is 281 g/mol. The van der Waals surface area contributed by atoms with E-state index < -0.39 is 15.4 Å². The second kappa shape index (κ2) is 5.96. The van der Waals surface area contributed by atoms with E-state index in [1.807, 2.05) is 30.3 Å². The number of para-hydroxylation sites is 1. The van der Waals surface area contributed by atoms with Gasteiger partial charge in [-0.2, -0.15) is 0 Å². The van der Waals surface area contributed by atoms with Gasteiger partial charge < -0.3 is 19.1 Å². The summed E-state index contributed by atoms with van der Waals surface area (Å²) in [4.78, 5) is 3.15. The standard InChI is InChI=1S/C15H24BNO3Si/c1-15(2,3)21(4,5)20-11-19-16(18)14-10-12-8-6-7-9-13(12)17-14/h6-10,17-18H,11H2,1-5H3. The van der Waals surface area contributed by atoms with Crippen LogP contribution in [0.3, 0.4) is 0 Å². The molecule has 1 aromatic heterocycles. The van der Waals surface area contributed by atoms with Crippen LogP contribution < -0.4 is 5.59 Å². The lowest BCUT2D eigenvalue weighted by molar-refractivity contribution is 0.0904. The zero-order valence-corrected chi connectivity index (χ0v) is 14.4. The van der Waals surface area contributed by atoms with Gasteiger partial charge >= 0.3 is 7.12 Å². The van der Waals surface area contributed by atoms with Crippen LogP contribution in [-0.2, 0) is 9.08 Å². The van der Waals surface area contributed by atoms with Gasteiger partial charge in [-0.25, -0.2) is 0 Å². The van der Waals surface area contributed by atoms with Gasteiger partial charge in [-0.15, -0.1) is 0 Å². The van der Waals surface area contributed by atoms with Crippen LogP contribution in [0.5, 0.6) is 0 Å². The monoisotopic (exact) mass is 305 g/mol. The molecule has 0 aliphatic rings. The van der Waals surface area contributed by atoms with E-state index in [-0.39, 0.29) is 11.8 Å². The normalized spacial score (nSPS) is 12.9. The number of benzene rings is 1. The van der Waals surface area contributed by atoms with Crippen molar-refractivity contribution in [3.8, 4) is 0 Å². The Morgan fingerprint density at radius 3 is 2.52 bits per heavy atom. The lowest BCUT2D eigenvalue weighted by Crippen LogP contribution is -2.43. The molecule has 0 spiro atoms. The van der Waals surface area contributed by atoms with Gasteiger partial charge in [0.15, 0.2) is 8.32 Å². The number of hydrogen-bond donors (Lipinski definition) is 2. The molecule has 2 rings (SSSR count). The van der Waals surface area contributed by atoms with E-state index in [2.05, 4.69) is 38.8 Å². The second-order valence-electron chi connectivity index (χ2n) is 6.85. The van der Waals surface area contributed by atoms with Crippen molar-refractivity contribution < 1.29 is 14.1 Å². The molecule has 0 bridgehead atoms. The van der Waals surface area contributed by atoms with Crippen LogP contribution in [0, 0.1) is 0 Å². The van der Waals surface area contributed by atoms with E-state index in [1.54, 1.807) is 0 Å². The van der Waals surface area contributed by atoms with Crippen LogP contribution in [0.15, 0.2) is 30.3 Å². The van der Waals surface area contributed by atoms with Crippen molar-refractivity contribution in [2.75, 3.05) is 6.79 Å². The highest BCUT2D eigenvalue weighted by molar-refractivity contribution is 6.74. The predicted molar refractivity (Wildman–Crippen MR) is 90.1 cm³/mol. The maximum Gasteiger partial charge on any atom is 0.510 e. The minimum Gasteiger partial charge on any atom is -0.422 e. The molecule has 0 saturated heterocycles.